The summed E-state index contributed by atoms with van der Waals surface area (Å²) in [5, 5.41) is 0. The summed E-state index contributed by atoms with van der Waals surface area (Å²) in [6.45, 7) is 6.71. The lowest BCUT2D eigenvalue weighted by atomic mass is 10.0. The number of carbonyl (C=O) groups is 1. The van der Waals surface area contributed by atoms with Crippen LogP contribution in [0.1, 0.15) is 20.3 Å². The van der Waals surface area contributed by atoms with Crippen molar-refractivity contribution in [3.05, 3.63) is 12.7 Å². The third-order valence-corrected chi connectivity index (χ3v) is 1.60. The van der Waals surface area contributed by atoms with Gasteiger partial charge in [-0.25, -0.2) is 0 Å². The minimum Gasteiger partial charge on any atom is -0.454 e. The van der Waals surface area contributed by atoms with E-state index in [0.29, 0.717) is 6.42 Å². The van der Waals surface area contributed by atoms with Crippen LogP contribution in [-0.4, -0.2) is 11.6 Å². The first-order valence-electron chi connectivity index (χ1n) is 3.46. The van der Waals surface area contributed by atoms with Crippen LogP contribution in [0.5, 0.6) is 0 Å². The molecule has 0 heterocycles. The van der Waals surface area contributed by atoms with Gasteiger partial charge in [0.15, 0.2) is 0 Å². The van der Waals surface area contributed by atoms with Crippen molar-refractivity contribution >= 4 is 21.9 Å². The summed E-state index contributed by atoms with van der Waals surface area (Å²) >= 11 is 2.96. The van der Waals surface area contributed by atoms with Crippen molar-refractivity contribution in [3.63, 3.8) is 0 Å². The maximum absolute atomic E-state index is 10.7. The minimum absolute atomic E-state index is 0.325. The molecule has 0 aromatic rings. The monoisotopic (exact) mass is 230 g/mol. The van der Waals surface area contributed by atoms with Crippen molar-refractivity contribution in [2.75, 3.05) is 0 Å². The molecule has 0 radical (unpaired) electrons. The van der Waals surface area contributed by atoms with Crippen LogP contribution in [0.2, 0.25) is 0 Å². The van der Waals surface area contributed by atoms with E-state index in [9.17, 15) is 4.79 Å². The highest BCUT2D eigenvalue weighted by Crippen LogP contribution is 2.16. The number of ether oxygens (including phenoxy) is 1. The number of carbonyl (C=O) groups excluding carboxylic acids is 1. The van der Waals surface area contributed by atoms with Gasteiger partial charge in [0.2, 0.25) is 0 Å². The second-order valence-corrected chi connectivity index (χ2v) is 2.95. The highest BCUT2D eigenvalue weighted by molar-refractivity contribution is 9.12. The lowest BCUT2D eigenvalue weighted by Crippen LogP contribution is -2.27. The van der Waals surface area contributed by atoms with Gasteiger partial charge < -0.3 is 4.74 Å². The molecule has 0 aliphatic rings. The molecule has 1 unspecified atom stereocenters. The van der Waals surface area contributed by atoms with E-state index in [1.165, 1.54) is 6.92 Å². The summed E-state index contributed by atoms with van der Waals surface area (Å²) in [7, 11) is 0. The normalized spacial score (nSPS) is 13.6. The maximum atomic E-state index is 10.7. The summed E-state index contributed by atoms with van der Waals surface area (Å²) in [4.78, 5) is 13.2. The summed E-state index contributed by atoms with van der Waals surface area (Å²) in [5.41, 5.74) is -0.674. The van der Waals surface area contributed by atoms with E-state index in [4.69, 9.17) is 4.74 Å². The molecule has 0 fully saturated rings. The molecule has 3 heteroatoms. The Balaban J connectivity index is 4.29. The molecule has 0 bridgehead atoms. The summed E-state index contributed by atoms with van der Waals surface area (Å²) in [5.74, 6) is 2.44. The van der Waals surface area contributed by atoms with Crippen LogP contribution < -0.4 is 0 Å². The molecular weight excluding hydrogens is 220 g/mol. The molecule has 0 rings (SSSR count). The first-order valence-corrected chi connectivity index (χ1v) is 4.25. The SMILES string of the molecule is C=CC(C)(CC#CBr)OC(C)=O. The van der Waals surface area contributed by atoms with Crippen molar-refractivity contribution in [1.82, 2.24) is 0 Å². The van der Waals surface area contributed by atoms with Gasteiger partial charge in [0.1, 0.15) is 5.60 Å². The van der Waals surface area contributed by atoms with Crippen LogP contribution >= 0.6 is 15.9 Å². The van der Waals surface area contributed by atoms with Crippen LogP contribution in [0.25, 0.3) is 0 Å². The molecular formula is C9H11BrO2. The lowest BCUT2D eigenvalue weighted by molar-refractivity contribution is -0.150. The number of esters is 1. The van der Waals surface area contributed by atoms with E-state index in [1.807, 2.05) is 0 Å². The van der Waals surface area contributed by atoms with Crippen LogP contribution in [0.4, 0.5) is 0 Å². The predicted octanol–water partition coefficient (Wildman–Crippen LogP) is 2.24. The molecule has 2 nitrogen and oxygen atoms in total. The zero-order chi connectivity index (χ0) is 9.61. The molecule has 0 aliphatic carbocycles. The van der Waals surface area contributed by atoms with Crippen molar-refractivity contribution in [1.29, 1.82) is 0 Å². The Labute approximate surface area is 81.1 Å². The summed E-state index contributed by atoms with van der Waals surface area (Å²) < 4.78 is 5.01. The van der Waals surface area contributed by atoms with E-state index in [0.717, 1.165) is 0 Å². The van der Waals surface area contributed by atoms with Gasteiger partial charge in [-0.15, -0.1) is 0 Å². The summed E-state index contributed by atoms with van der Waals surface area (Å²) in [6.07, 6.45) is 2.02. The smallest absolute Gasteiger partial charge is 0.303 e. The maximum Gasteiger partial charge on any atom is 0.303 e. The lowest BCUT2D eigenvalue weighted by Gasteiger charge is -2.22. The minimum atomic E-state index is -0.674. The van der Waals surface area contributed by atoms with Gasteiger partial charge in [0, 0.05) is 22.9 Å². The average molecular weight is 231 g/mol. The van der Waals surface area contributed by atoms with Gasteiger partial charge >= 0.3 is 5.97 Å². The molecule has 0 saturated carbocycles. The largest absolute Gasteiger partial charge is 0.454 e. The molecule has 12 heavy (non-hydrogen) atoms. The fourth-order valence-electron chi connectivity index (χ4n) is 0.687. The van der Waals surface area contributed by atoms with Gasteiger partial charge in [0.05, 0.1) is 6.42 Å². The van der Waals surface area contributed by atoms with E-state index >= 15 is 0 Å². The van der Waals surface area contributed by atoms with Crippen LogP contribution in [0.3, 0.4) is 0 Å². The Morgan fingerprint density at radius 1 is 1.83 bits per heavy atom. The molecule has 66 valence electrons. The Morgan fingerprint density at radius 2 is 2.42 bits per heavy atom. The van der Waals surface area contributed by atoms with E-state index in [1.54, 1.807) is 13.0 Å². The zero-order valence-corrected chi connectivity index (χ0v) is 8.77. The van der Waals surface area contributed by atoms with Crippen LogP contribution in [0, 0.1) is 10.8 Å². The van der Waals surface area contributed by atoms with Gasteiger partial charge in [-0.05, 0) is 17.8 Å². The van der Waals surface area contributed by atoms with Crippen LogP contribution in [-0.2, 0) is 9.53 Å². The van der Waals surface area contributed by atoms with Gasteiger partial charge in [-0.2, -0.15) is 0 Å². The second-order valence-electron chi connectivity index (χ2n) is 2.56. The topological polar surface area (TPSA) is 26.3 Å². The van der Waals surface area contributed by atoms with Crippen molar-refractivity contribution in [3.8, 4) is 10.8 Å². The summed E-state index contributed by atoms with van der Waals surface area (Å²) in [6, 6.07) is 0. The fourth-order valence-corrected chi connectivity index (χ4v) is 0.827. The molecule has 0 aromatic heterocycles. The quantitative estimate of drug-likeness (QED) is 0.423. The zero-order valence-electron chi connectivity index (χ0n) is 7.19. The highest BCUT2D eigenvalue weighted by Gasteiger charge is 2.21. The first kappa shape index (κ1) is 11.2. The number of hydrogen-bond donors (Lipinski definition) is 0. The molecule has 0 aliphatic heterocycles. The van der Waals surface area contributed by atoms with E-state index in [-0.39, 0.29) is 5.97 Å². The molecule has 0 spiro atoms. The third-order valence-electron chi connectivity index (χ3n) is 1.31. The predicted molar refractivity (Wildman–Crippen MR) is 51.7 cm³/mol. The Morgan fingerprint density at radius 3 is 2.75 bits per heavy atom. The second kappa shape index (κ2) is 5.00. The van der Waals surface area contributed by atoms with Gasteiger partial charge in [-0.1, -0.05) is 12.5 Å². The molecule has 0 saturated heterocycles. The standard InChI is InChI=1S/C9H11BrO2/c1-4-9(3,6-5-7-10)12-8(2)11/h4H,1,6H2,2-3H3. The number of hydrogen-bond acceptors (Lipinski definition) is 2. The van der Waals surface area contributed by atoms with Crippen molar-refractivity contribution in [2.45, 2.75) is 25.9 Å². The van der Waals surface area contributed by atoms with Crippen molar-refractivity contribution in [2.24, 2.45) is 0 Å². The number of rotatable bonds is 3. The average Bonchev–Trinajstić information content (AvgIpc) is 2.00. The molecule has 0 N–H and O–H groups in total. The Bertz CT molecular complexity index is 237. The van der Waals surface area contributed by atoms with Crippen LogP contribution in [0.15, 0.2) is 12.7 Å². The fraction of sp³-hybridized carbons (Fsp3) is 0.444. The molecule has 0 amide bonds. The van der Waals surface area contributed by atoms with Gasteiger partial charge in [0.25, 0.3) is 0 Å². The van der Waals surface area contributed by atoms with Gasteiger partial charge in [-0.3, -0.25) is 4.79 Å². The Hall–Kier alpha value is -0.750. The first-order chi connectivity index (χ1) is 5.54. The van der Waals surface area contributed by atoms with E-state index < -0.39 is 5.60 Å². The highest BCUT2D eigenvalue weighted by atomic mass is 79.9. The molecule has 0 aromatic carbocycles. The van der Waals surface area contributed by atoms with E-state index in [2.05, 4.69) is 33.3 Å². The third kappa shape index (κ3) is 4.20. The Kier molecular flexibility index (Phi) is 4.68. The van der Waals surface area contributed by atoms with Crippen molar-refractivity contribution < 1.29 is 9.53 Å². The number of halogens is 1. The molecule has 1 atom stereocenters.